The minimum Gasteiger partial charge on any atom is -0.465 e. The molecule has 2 aromatic carbocycles. The fraction of sp³-hybridized carbons (Fsp3) is 0.433. The molecule has 0 amide bonds. The van der Waals surface area contributed by atoms with E-state index in [1.807, 2.05) is 25.1 Å². The molecule has 0 bridgehead atoms. The third-order valence-electron chi connectivity index (χ3n) is 7.72. The van der Waals surface area contributed by atoms with Crippen LogP contribution in [0.2, 0.25) is 0 Å². The van der Waals surface area contributed by atoms with E-state index in [9.17, 15) is 24.0 Å². The molecule has 15 heteroatoms. The number of nitrogens with two attached hydrogens (primary N) is 1. The van der Waals surface area contributed by atoms with Gasteiger partial charge in [-0.15, -0.1) is 0 Å². The lowest BCUT2D eigenvalue weighted by Crippen LogP contribution is -2.46. The normalized spacial score (nSPS) is 24.4. The molecule has 0 spiro atoms. The number of nitrogens with one attached hydrogen (secondary N) is 1. The van der Waals surface area contributed by atoms with E-state index in [0.717, 1.165) is 24.3 Å². The number of fused-ring (bicyclic) bond motifs is 2. The van der Waals surface area contributed by atoms with Gasteiger partial charge in [0.15, 0.2) is 17.7 Å². The zero-order valence-electron chi connectivity index (χ0n) is 25.3. The van der Waals surface area contributed by atoms with Crippen LogP contribution in [0.1, 0.15) is 46.8 Å². The van der Waals surface area contributed by atoms with Crippen molar-refractivity contribution < 1.29 is 42.5 Å². The average Bonchev–Trinajstić information content (AvgIpc) is 3.45. The maximum absolute atomic E-state index is 14.8. The van der Waals surface area contributed by atoms with E-state index >= 15 is 0 Å². The number of halogens is 1. The number of hydrogen-bond acceptors (Lipinski definition) is 11. The number of hydrogen-bond donors (Lipinski definition) is 4. The van der Waals surface area contributed by atoms with E-state index in [0.29, 0.717) is 11.8 Å². The number of ether oxygens (including phenoxy) is 2. The number of aliphatic hydroxyl groups excluding tert-OH is 1. The molecule has 4 aromatic rings. The molecule has 5 N–H and O–H groups in total. The number of aliphatic hydroxyl groups is 2. The van der Waals surface area contributed by atoms with Crippen LogP contribution in [0, 0.1) is 5.82 Å². The van der Waals surface area contributed by atoms with Crippen molar-refractivity contribution in [1.29, 1.82) is 0 Å². The second-order valence-corrected chi connectivity index (χ2v) is 12.9. The molecular formula is C30H37FN5O8P. The molecule has 1 aliphatic rings. The molecule has 1 saturated heterocycles. The maximum atomic E-state index is 14.8. The summed E-state index contributed by atoms with van der Waals surface area (Å²) in [6.45, 7) is 6.38. The number of nitrogens with zero attached hydrogens (tertiary/aromatic N) is 3. The van der Waals surface area contributed by atoms with Crippen LogP contribution in [-0.4, -0.2) is 67.3 Å². The molecule has 1 aliphatic heterocycles. The van der Waals surface area contributed by atoms with Crippen LogP contribution in [0.25, 0.3) is 21.8 Å². The number of benzene rings is 2. The van der Waals surface area contributed by atoms with Crippen molar-refractivity contribution in [3.05, 3.63) is 60.8 Å². The highest BCUT2D eigenvalue weighted by Crippen LogP contribution is 2.50. The van der Waals surface area contributed by atoms with E-state index in [1.165, 1.54) is 25.3 Å². The summed E-state index contributed by atoms with van der Waals surface area (Å²) in [6, 6.07) is 11.3. The molecule has 3 heterocycles. The predicted molar refractivity (Wildman–Crippen MR) is 164 cm³/mol. The van der Waals surface area contributed by atoms with Crippen molar-refractivity contribution in [2.75, 3.05) is 12.3 Å². The van der Waals surface area contributed by atoms with Crippen molar-refractivity contribution in [1.82, 2.24) is 19.6 Å². The second-order valence-electron chi connectivity index (χ2n) is 11.2. The van der Waals surface area contributed by atoms with Gasteiger partial charge in [-0.1, -0.05) is 49.7 Å². The van der Waals surface area contributed by atoms with Crippen molar-refractivity contribution in [3.8, 4) is 5.75 Å². The quantitative estimate of drug-likeness (QED) is 0.0980. The highest BCUT2D eigenvalue weighted by molar-refractivity contribution is 7.52. The summed E-state index contributed by atoms with van der Waals surface area (Å²) >= 11 is 0. The molecule has 7 atom stereocenters. The molecular weight excluding hydrogens is 608 g/mol. The van der Waals surface area contributed by atoms with E-state index in [-0.39, 0.29) is 29.2 Å². The summed E-state index contributed by atoms with van der Waals surface area (Å²) in [7, 11) is -4.43. The summed E-state index contributed by atoms with van der Waals surface area (Å²) in [4.78, 5) is 20.6. The number of unbranched alkanes of at least 4 members (excludes halogenated alkanes) is 1. The Morgan fingerprint density at radius 2 is 1.98 bits per heavy atom. The van der Waals surface area contributed by atoms with Gasteiger partial charge in [0, 0.05) is 11.6 Å². The molecule has 0 aliphatic carbocycles. The zero-order chi connectivity index (χ0) is 32.5. The number of carbonyl (C=O) groups is 1. The van der Waals surface area contributed by atoms with Gasteiger partial charge in [0.2, 0.25) is 0 Å². The molecule has 242 valence electrons. The summed E-state index contributed by atoms with van der Waals surface area (Å²) in [5.41, 5.74) is 3.88. The largest absolute Gasteiger partial charge is 0.465 e. The van der Waals surface area contributed by atoms with Crippen LogP contribution in [-0.2, 0) is 23.4 Å². The Morgan fingerprint density at radius 3 is 2.73 bits per heavy atom. The second kappa shape index (κ2) is 13.0. The van der Waals surface area contributed by atoms with Gasteiger partial charge >= 0.3 is 13.7 Å². The Morgan fingerprint density at radius 1 is 1.24 bits per heavy atom. The number of anilines is 1. The Kier molecular flexibility index (Phi) is 9.45. The molecule has 5 rings (SSSR count). The first kappa shape index (κ1) is 32.7. The molecule has 0 radical (unpaired) electrons. The monoisotopic (exact) mass is 645 g/mol. The fourth-order valence-electron chi connectivity index (χ4n) is 5.29. The number of carbonyl (C=O) groups excluding carboxylic acids is 1. The zero-order valence-corrected chi connectivity index (χ0v) is 26.2. The minimum absolute atomic E-state index is 0.0359. The van der Waals surface area contributed by atoms with Gasteiger partial charge in [-0.3, -0.25) is 13.9 Å². The number of rotatable bonds is 12. The number of esters is 1. The fourth-order valence-corrected chi connectivity index (χ4v) is 7.00. The Bertz CT molecular complexity index is 1730. The minimum atomic E-state index is -4.43. The molecule has 7 unspecified atom stereocenters. The van der Waals surface area contributed by atoms with Crippen molar-refractivity contribution in [2.45, 2.75) is 76.7 Å². The van der Waals surface area contributed by atoms with Crippen LogP contribution in [0.15, 0.2) is 55.0 Å². The van der Waals surface area contributed by atoms with Crippen molar-refractivity contribution in [3.63, 3.8) is 0 Å². The van der Waals surface area contributed by atoms with Crippen LogP contribution in [0.5, 0.6) is 5.75 Å². The van der Waals surface area contributed by atoms with Gasteiger partial charge < -0.3 is 29.9 Å². The maximum Gasteiger partial charge on any atom is 0.459 e. The Labute approximate surface area is 259 Å². The van der Waals surface area contributed by atoms with Gasteiger partial charge in [-0.25, -0.2) is 18.9 Å². The van der Waals surface area contributed by atoms with E-state index < -0.39 is 55.7 Å². The molecule has 45 heavy (non-hydrogen) atoms. The van der Waals surface area contributed by atoms with Crippen LogP contribution < -0.4 is 15.3 Å². The molecule has 1 fully saturated rings. The molecule has 2 aromatic heterocycles. The van der Waals surface area contributed by atoms with E-state index in [1.54, 1.807) is 24.3 Å². The van der Waals surface area contributed by atoms with Crippen LogP contribution >= 0.6 is 7.75 Å². The first-order chi connectivity index (χ1) is 21.4. The lowest BCUT2D eigenvalue weighted by Gasteiger charge is -2.30. The topological polar surface area (TPSA) is 180 Å². The first-order valence-electron chi connectivity index (χ1n) is 14.6. The standard InChI is InChI=1S/C30H37FN5O8P/c1-5-6-14-41-28(38)17(2)35-45(40,44-22-13-9-11-19-10-7-8-12-20(19)22)43-18(3)24-25(37)30(4,39)29(42-24)36-15-21(31)23-26(32)33-16-34-27(23)36/h7-13,15-18,24-25,29,37,39H,5-6,14H2,1-4H3,(H,35,40)(H2,32,33,34). The van der Waals surface area contributed by atoms with Gasteiger partial charge in [-0.2, -0.15) is 5.09 Å². The highest BCUT2D eigenvalue weighted by atomic mass is 31.2. The molecule has 13 nitrogen and oxygen atoms in total. The van der Waals surface area contributed by atoms with E-state index in [2.05, 4.69) is 15.1 Å². The van der Waals surface area contributed by atoms with Crippen molar-refractivity contribution >= 4 is 41.3 Å². The van der Waals surface area contributed by atoms with Gasteiger partial charge in [0.25, 0.3) is 0 Å². The predicted octanol–water partition coefficient (Wildman–Crippen LogP) is 4.23. The summed E-state index contributed by atoms with van der Waals surface area (Å²) in [5, 5.41) is 26.6. The first-order valence-corrected chi connectivity index (χ1v) is 16.1. The Balaban J connectivity index is 1.44. The highest BCUT2D eigenvalue weighted by Gasteiger charge is 2.56. The van der Waals surface area contributed by atoms with Gasteiger partial charge in [0.05, 0.1) is 18.1 Å². The lowest BCUT2D eigenvalue weighted by molar-refractivity contribution is -0.145. The summed E-state index contributed by atoms with van der Waals surface area (Å²) in [5.74, 6) is -1.30. The van der Waals surface area contributed by atoms with Gasteiger partial charge in [-0.05, 0) is 38.6 Å². The third kappa shape index (κ3) is 6.53. The third-order valence-corrected chi connectivity index (χ3v) is 9.48. The average molecular weight is 646 g/mol. The number of nitrogen functional groups attached to an aromatic ring is 1. The SMILES string of the molecule is CCCCOC(=O)C(C)NP(=O)(Oc1cccc2ccccc12)OC(C)C1OC(n2cc(F)c3c(N)ncnc32)C(C)(O)C1O. The summed E-state index contributed by atoms with van der Waals surface area (Å²) < 4.78 is 53.8. The smallest absolute Gasteiger partial charge is 0.459 e. The molecule has 0 saturated carbocycles. The van der Waals surface area contributed by atoms with Crippen LogP contribution in [0.4, 0.5) is 10.2 Å². The number of aromatic nitrogens is 3. The van der Waals surface area contributed by atoms with Gasteiger partial charge in [0.1, 0.15) is 41.7 Å². The van der Waals surface area contributed by atoms with Crippen LogP contribution in [0.3, 0.4) is 0 Å². The van der Waals surface area contributed by atoms with Crippen molar-refractivity contribution in [2.24, 2.45) is 0 Å². The Hall–Kier alpha value is -3.65. The van der Waals surface area contributed by atoms with E-state index in [4.69, 9.17) is 24.3 Å². The summed E-state index contributed by atoms with van der Waals surface area (Å²) in [6.07, 6.45) is -1.83. The lowest BCUT2D eigenvalue weighted by atomic mass is 9.94.